The molecular formula is C21H26F2N2O. The number of benzene rings is 2. The molecule has 140 valence electrons. The third-order valence-corrected chi connectivity index (χ3v) is 5.13. The lowest BCUT2D eigenvalue weighted by Gasteiger charge is -2.40. The molecule has 1 aliphatic rings. The SMILES string of the molecule is CN(C)CC1COCC(Cc2c(F)cccc2F)C1c1ccc(N)cc1. The van der Waals surface area contributed by atoms with Gasteiger partial charge in [0.25, 0.3) is 0 Å². The van der Waals surface area contributed by atoms with Crippen molar-refractivity contribution in [2.75, 3.05) is 39.6 Å². The molecule has 0 saturated carbocycles. The van der Waals surface area contributed by atoms with Gasteiger partial charge in [-0.05, 0) is 62.2 Å². The van der Waals surface area contributed by atoms with Crippen LogP contribution in [0.25, 0.3) is 0 Å². The Morgan fingerprint density at radius 1 is 1.00 bits per heavy atom. The van der Waals surface area contributed by atoms with Gasteiger partial charge in [-0.3, -0.25) is 0 Å². The van der Waals surface area contributed by atoms with E-state index in [1.165, 1.54) is 18.2 Å². The minimum atomic E-state index is -0.490. The van der Waals surface area contributed by atoms with Crippen LogP contribution in [0.15, 0.2) is 42.5 Å². The molecule has 1 heterocycles. The predicted molar refractivity (Wildman–Crippen MR) is 100 cm³/mol. The summed E-state index contributed by atoms with van der Waals surface area (Å²) in [5, 5.41) is 0. The Bertz CT molecular complexity index is 713. The van der Waals surface area contributed by atoms with Crippen molar-refractivity contribution >= 4 is 5.69 Å². The van der Waals surface area contributed by atoms with Gasteiger partial charge in [-0.1, -0.05) is 18.2 Å². The van der Waals surface area contributed by atoms with E-state index in [-0.39, 0.29) is 23.3 Å². The molecule has 0 aliphatic carbocycles. The number of halogens is 2. The number of hydrogen-bond acceptors (Lipinski definition) is 3. The predicted octanol–water partition coefficient (Wildman–Crippen LogP) is 3.70. The van der Waals surface area contributed by atoms with Crippen LogP contribution in [0.3, 0.4) is 0 Å². The highest BCUT2D eigenvalue weighted by Gasteiger charge is 2.36. The summed E-state index contributed by atoms with van der Waals surface area (Å²) < 4.78 is 34.2. The first-order chi connectivity index (χ1) is 12.5. The molecule has 2 N–H and O–H groups in total. The number of nitrogens with zero attached hydrogens (tertiary/aromatic N) is 1. The van der Waals surface area contributed by atoms with Crippen molar-refractivity contribution < 1.29 is 13.5 Å². The molecule has 2 aromatic rings. The van der Waals surface area contributed by atoms with Crippen LogP contribution in [0.2, 0.25) is 0 Å². The zero-order chi connectivity index (χ0) is 18.7. The number of ether oxygens (including phenoxy) is 1. The molecule has 0 aromatic heterocycles. The summed E-state index contributed by atoms with van der Waals surface area (Å²) in [6.45, 7) is 1.99. The highest BCUT2D eigenvalue weighted by atomic mass is 19.1. The van der Waals surface area contributed by atoms with E-state index in [9.17, 15) is 8.78 Å². The Hall–Kier alpha value is -1.98. The van der Waals surface area contributed by atoms with Crippen LogP contribution in [-0.2, 0) is 11.2 Å². The summed E-state index contributed by atoms with van der Waals surface area (Å²) in [6, 6.07) is 11.9. The van der Waals surface area contributed by atoms with Gasteiger partial charge >= 0.3 is 0 Å². The fraction of sp³-hybridized carbons (Fsp3) is 0.429. The van der Waals surface area contributed by atoms with Crippen molar-refractivity contribution in [3.8, 4) is 0 Å². The second-order valence-corrected chi connectivity index (χ2v) is 7.42. The van der Waals surface area contributed by atoms with Gasteiger partial charge in [-0.25, -0.2) is 8.78 Å². The minimum absolute atomic E-state index is 0.00345. The fourth-order valence-corrected chi connectivity index (χ4v) is 4.04. The van der Waals surface area contributed by atoms with E-state index in [0.29, 0.717) is 25.3 Å². The van der Waals surface area contributed by atoms with Gasteiger partial charge in [0.2, 0.25) is 0 Å². The molecule has 1 aliphatic heterocycles. The van der Waals surface area contributed by atoms with Crippen molar-refractivity contribution in [3.05, 3.63) is 65.2 Å². The molecule has 1 saturated heterocycles. The Morgan fingerprint density at radius 3 is 2.23 bits per heavy atom. The van der Waals surface area contributed by atoms with E-state index in [2.05, 4.69) is 4.90 Å². The molecule has 5 heteroatoms. The molecule has 0 radical (unpaired) electrons. The van der Waals surface area contributed by atoms with Crippen molar-refractivity contribution in [3.63, 3.8) is 0 Å². The van der Waals surface area contributed by atoms with Gasteiger partial charge < -0.3 is 15.4 Å². The van der Waals surface area contributed by atoms with Crippen LogP contribution in [0.4, 0.5) is 14.5 Å². The van der Waals surface area contributed by atoms with Crippen LogP contribution in [0, 0.1) is 23.5 Å². The quantitative estimate of drug-likeness (QED) is 0.827. The zero-order valence-corrected chi connectivity index (χ0v) is 15.3. The molecular weight excluding hydrogens is 334 g/mol. The Balaban J connectivity index is 1.93. The van der Waals surface area contributed by atoms with E-state index in [4.69, 9.17) is 10.5 Å². The fourth-order valence-electron chi connectivity index (χ4n) is 4.04. The van der Waals surface area contributed by atoms with Gasteiger partial charge in [0.05, 0.1) is 13.2 Å². The van der Waals surface area contributed by atoms with Gasteiger partial charge in [0.15, 0.2) is 0 Å². The van der Waals surface area contributed by atoms with Crippen molar-refractivity contribution in [1.82, 2.24) is 4.90 Å². The first kappa shape index (κ1) is 18.8. The maximum Gasteiger partial charge on any atom is 0.129 e. The van der Waals surface area contributed by atoms with E-state index < -0.39 is 11.6 Å². The molecule has 0 amide bonds. The summed E-state index contributed by atoms with van der Waals surface area (Å²) in [6.07, 6.45) is 0.317. The van der Waals surface area contributed by atoms with Crippen molar-refractivity contribution in [1.29, 1.82) is 0 Å². The number of nitrogens with two attached hydrogens (primary N) is 1. The monoisotopic (exact) mass is 360 g/mol. The topological polar surface area (TPSA) is 38.5 Å². The average molecular weight is 360 g/mol. The molecule has 3 rings (SSSR count). The third kappa shape index (κ3) is 4.22. The van der Waals surface area contributed by atoms with E-state index in [1.807, 2.05) is 38.4 Å². The second kappa shape index (κ2) is 8.14. The lowest BCUT2D eigenvalue weighted by atomic mass is 9.73. The van der Waals surface area contributed by atoms with Crippen LogP contribution < -0.4 is 5.73 Å². The standard InChI is InChI=1S/C21H26F2N2O/c1-25(2)11-16-13-26-12-15(10-18-19(22)4-3-5-20(18)23)21(16)14-6-8-17(24)9-7-14/h3-9,15-16,21H,10-13,24H2,1-2H3. The average Bonchev–Trinajstić information content (AvgIpc) is 2.59. The highest BCUT2D eigenvalue weighted by molar-refractivity contribution is 5.41. The van der Waals surface area contributed by atoms with Crippen LogP contribution in [0.5, 0.6) is 0 Å². The van der Waals surface area contributed by atoms with Crippen LogP contribution in [0.1, 0.15) is 17.0 Å². The maximum absolute atomic E-state index is 14.2. The summed E-state index contributed by atoms with van der Waals surface area (Å²) >= 11 is 0. The second-order valence-electron chi connectivity index (χ2n) is 7.42. The van der Waals surface area contributed by atoms with E-state index in [1.54, 1.807) is 0 Å². The first-order valence-corrected chi connectivity index (χ1v) is 8.96. The number of anilines is 1. The van der Waals surface area contributed by atoms with Gasteiger partial charge in [-0.2, -0.15) is 0 Å². The minimum Gasteiger partial charge on any atom is -0.399 e. The zero-order valence-electron chi connectivity index (χ0n) is 15.3. The smallest absolute Gasteiger partial charge is 0.129 e. The van der Waals surface area contributed by atoms with Crippen molar-refractivity contribution in [2.24, 2.45) is 11.8 Å². The lowest BCUT2D eigenvalue weighted by Crippen LogP contribution is -2.40. The van der Waals surface area contributed by atoms with Gasteiger partial charge in [0.1, 0.15) is 11.6 Å². The van der Waals surface area contributed by atoms with Gasteiger partial charge in [-0.15, -0.1) is 0 Å². The third-order valence-electron chi connectivity index (χ3n) is 5.13. The van der Waals surface area contributed by atoms with E-state index >= 15 is 0 Å². The summed E-state index contributed by atoms with van der Waals surface area (Å²) in [4.78, 5) is 2.13. The molecule has 3 nitrogen and oxygen atoms in total. The molecule has 1 fully saturated rings. The van der Waals surface area contributed by atoms with Crippen molar-refractivity contribution in [2.45, 2.75) is 12.3 Å². The number of rotatable bonds is 5. The number of hydrogen-bond donors (Lipinski definition) is 1. The summed E-state index contributed by atoms with van der Waals surface area (Å²) in [7, 11) is 4.06. The maximum atomic E-state index is 14.2. The molecule has 3 unspecified atom stereocenters. The van der Waals surface area contributed by atoms with Crippen LogP contribution in [-0.4, -0.2) is 38.8 Å². The van der Waals surface area contributed by atoms with Crippen LogP contribution >= 0.6 is 0 Å². The normalized spacial score (nSPS) is 23.3. The summed E-state index contributed by atoms with van der Waals surface area (Å²) in [5.74, 6) is -0.566. The molecule has 0 spiro atoms. The first-order valence-electron chi connectivity index (χ1n) is 8.96. The molecule has 3 atom stereocenters. The Morgan fingerprint density at radius 2 is 1.62 bits per heavy atom. The lowest BCUT2D eigenvalue weighted by molar-refractivity contribution is -0.0102. The van der Waals surface area contributed by atoms with Gasteiger partial charge in [0, 0.05) is 23.7 Å². The Labute approximate surface area is 153 Å². The van der Waals surface area contributed by atoms with E-state index in [0.717, 1.165) is 12.1 Å². The summed E-state index contributed by atoms with van der Waals surface area (Å²) in [5.41, 5.74) is 7.84. The molecule has 26 heavy (non-hydrogen) atoms. The highest BCUT2D eigenvalue weighted by Crippen LogP contribution is 2.39. The number of nitrogen functional groups attached to an aromatic ring is 1. The molecule has 2 aromatic carbocycles. The molecule has 0 bridgehead atoms. The Kier molecular flexibility index (Phi) is 5.89. The largest absolute Gasteiger partial charge is 0.399 e.